The molecule has 0 spiro atoms. The van der Waals surface area contributed by atoms with Crippen molar-refractivity contribution in [2.24, 2.45) is 0 Å². The Labute approximate surface area is 108 Å². The Morgan fingerprint density at radius 2 is 2.06 bits per heavy atom. The molecule has 0 radical (unpaired) electrons. The molecule has 0 fully saturated rings. The molecule has 1 rings (SSSR count). The summed E-state index contributed by atoms with van der Waals surface area (Å²) < 4.78 is 5.38. The number of hydrogen-bond acceptors (Lipinski definition) is 3. The summed E-state index contributed by atoms with van der Waals surface area (Å²) in [7, 11) is 1.73. The van der Waals surface area contributed by atoms with Crippen LogP contribution in [0.3, 0.4) is 0 Å². The molecule has 0 saturated heterocycles. The highest BCUT2D eigenvalue weighted by molar-refractivity contribution is 6.31. The van der Waals surface area contributed by atoms with Crippen LogP contribution in [0.1, 0.15) is 19.4 Å². The van der Waals surface area contributed by atoms with Crippen LogP contribution in [0.15, 0.2) is 24.3 Å². The first-order chi connectivity index (χ1) is 8.27. The summed E-state index contributed by atoms with van der Waals surface area (Å²) in [6, 6.07) is 9.32. The van der Waals surface area contributed by atoms with E-state index >= 15 is 0 Å². The van der Waals surface area contributed by atoms with Crippen molar-refractivity contribution in [2.45, 2.75) is 26.5 Å². The Morgan fingerprint density at radius 1 is 1.41 bits per heavy atom. The Balaban J connectivity index is 0.00000121. The van der Waals surface area contributed by atoms with Crippen molar-refractivity contribution in [1.82, 2.24) is 5.32 Å². The number of benzene rings is 1. The highest BCUT2D eigenvalue weighted by Crippen LogP contribution is 2.15. The maximum atomic E-state index is 8.66. The predicted octanol–water partition coefficient (Wildman–Crippen LogP) is 2.99. The molecular weight excluding hydrogens is 236 g/mol. The van der Waals surface area contributed by atoms with Gasteiger partial charge in [0.2, 0.25) is 0 Å². The molecule has 0 bridgehead atoms. The van der Waals surface area contributed by atoms with E-state index in [1.807, 2.05) is 38.1 Å². The lowest BCUT2D eigenvalue weighted by atomic mass is 10.2. The number of nitrogens with one attached hydrogen (secondary N) is 1. The average Bonchev–Trinajstić information content (AvgIpc) is 2.39. The van der Waals surface area contributed by atoms with Crippen LogP contribution < -0.4 is 5.32 Å². The quantitative estimate of drug-likeness (QED) is 0.879. The van der Waals surface area contributed by atoms with Crippen molar-refractivity contribution >= 4 is 11.6 Å². The van der Waals surface area contributed by atoms with Crippen LogP contribution in [-0.2, 0) is 11.3 Å². The van der Waals surface area contributed by atoms with Gasteiger partial charge in [-0.05, 0) is 18.7 Å². The number of hydrogen-bond donors (Lipinski definition) is 1. The molecule has 1 aromatic carbocycles. The summed E-state index contributed by atoms with van der Waals surface area (Å²) in [5, 5.41) is 12.2. The third-order valence-corrected chi connectivity index (χ3v) is 2.37. The van der Waals surface area contributed by atoms with Crippen LogP contribution in [0.5, 0.6) is 0 Å². The Hall–Kier alpha value is -1.08. The lowest BCUT2D eigenvalue weighted by molar-refractivity contribution is 0.112. The van der Waals surface area contributed by atoms with E-state index in [0.717, 1.165) is 5.56 Å². The molecule has 1 unspecified atom stereocenters. The molecule has 3 nitrogen and oxygen atoms in total. The Kier molecular flexibility index (Phi) is 9.46. The van der Waals surface area contributed by atoms with Crippen LogP contribution in [0.2, 0.25) is 5.02 Å². The standard InChI is InChI=1S/C11H13ClN2O.C2H6/c1-14-10(6-13)8-15-7-9-4-2-3-5-11(9)12;1-2/h2-5,10,14H,7-8H2,1H3;1-2H3. The molecule has 0 aliphatic heterocycles. The van der Waals surface area contributed by atoms with E-state index in [1.165, 1.54) is 0 Å². The van der Waals surface area contributed by atoms with Gasteiger partial charge in [0.15, 0.2) is 0 Å². The molecule has 0 aromatic heterocycles. The monoisotopic (exact) mass is 254 g/mol. The van der Waals surface area contributed by atoms with Gasteiger partial charge in [-0.25, -0.2) is 0 Å². The van der Waals surface area contributed by atoms with Gasteiger partial charge in [-0.1, -0.05) is 43.6 Å². The van der Waals surface area contributed by atoms with Gasteiger partial charge in [0.25, 0.3) is 0 Å². The first-order valence-corrected chi connectivity index (χ1v) is 6.03. The third-order valence-electron chi connectivity index (χ3n) is 2.00. The molecule has 4 heteroatoms. The fourth-order valence-electron chi connectivity index (χ4n) is 1.09. The average molecular weight is 255 g/mol. The highest BCUT2D eigenvalue weighted by Gasteiger charge is 2.04. The van der Waals surface area contributed by atoms with Gasteiger partial charge in [0.1, 0.15) is 6.04 Å². The SMILES string of the molecule is CC.CNC(C#N)COCc1ccccc1Cl. The lowest BCUT2D eigenvalue weighted by Gasteiger charge is -2.09. The second-order valence-corrected chi connectivity index (χ2v) is 3.48. The minimum absolute atomic E-state index is 0.271. The van der Waals surface area contributed by atoms with Gasteiger partial charge in [0.05, 0.1) is 19.3 Å². The number of rotatable bonds is 5. The van der Waals surface area contributed by atoms with E-state index in [4.69, 9.17) is 21.6 Å². The molecule has 0 heterocycles. The Bertz CT molecular complexity index is 350. The van der Waals surface area contributed by atoms with Crippen LogP contribution in [-0.4, -0.2) is 19.7 Å². The third kappa shape index (κ3) is 6.28. The van der Waals surface area contributed by atoms with Crippen molar-refractivity contribution in [1.29, 1.82) is 5.26 Å². The molecule has 0 amide bonds. The topological polar surface area (TPSA) is 45.0 Å². The van der Waals surface area contributed by atoms with Crippen molar-refractivity contribution in [3.8, 4) is 6.07 Å². The molecule has 0 aliphatic carbocycles. The molecule has 0 saturated carbocycles. The van der Waals surface area contributed by atoms with Gasteiger partial charge < -0.3 is 10.1 Å². The summed E-state index contributed by atoms with van der Waals surface area (Å²) >= 11 is 5.95. The van der Waals surface area contributed by atoms with Crippen LogP contribution in [0, 0.1) is 11.3 Å². The summed E-state index contributed by atoms with van der Waals surface area (Å²) in [6.07, 6.45) is 0. The largest absolute Gasteiger partial charge is 0.374 e. The zero-order chi connectivity index (χ0) is 13.1. The zero-order valence-electron chi connectivity index (χ0n) is 10.5. The number of likely N-dealkylation sites (N-methyl/N-ethyl adjacent to an activating group) is 1. The Morgan fingerprint density at radius 3 is 2.59 bits per heavy atom. The summed E-state index contributed by atoms with van der Waals surface area (Å²) in [5.41, 5.74) is 0.937. The van der Waals surface area contributed by atoms with Gasteiger partial charge in [-0.15, -0.1) is 0 Å². The second kappa shape index (κ2) is 10.1. The van der Waals surface area contributed by atoms with Crippen molar-refractivity contribution in [2.75, 3.05) is 13.7 Å². The summed E-state index contributed by atoms with van der Waals surface area (Å²) in [5.74, 6) is 0. The van der Waals surface area contributed by atoms with E-state index in [0.29, 0.717) is 18.2 Å². The first kappa shape index (κ1) is 15.9. The fourth-order valence-corrected chi connectivity index (χ4v) is 1.28. The maximum absolute atomic E-state index is 8.66. The van der Waals surface area contributed by atoms with E-state index < -0.39 is 0 Å². The molecule has 1 N–H and O–H groups in total. The van der Waals surface area contributed by atoms with E-state index in [2.05, 4.69) is 11.4 Å². The van der Waals surface area contributed by atoms with Crippen molar-refractivity contribution < 1.29 is 4.74 Å². The number of halogens is 1. The molecule has 0 aliphatic rings. The summed E-state index contributed by atoms with van der Waals surface area (Å²) in [6.45, 7) is 4.79. The zero-order valence-corrected chi connectivity index (χ0v) is 11.3. The maximum Gasteiger partial charge on any atom is 0.119 e. The molecule has 1 atom stereocenters. The van der Waals surface area contributed by atoms with Crippen LogP contribution in [0.25, 0.3) is 0 Å². The minimum atomic E-state index is -0.271. The fraction of sp³-hybridized carbons (Fsp3) is 0.462. The number of ether oxygens (including phenoxy) is 1. The van der Waals surface area contributed by atoms with Gasteiger partial charge in [-0.2, -0.15) is 5.26 Å². The van der Waals surface area contributed by atoms with Crippen LogP contribution >= 0.6 is 11.6 Å². The number of nitrogens with zero attached hydrogens (tertiary/aromatic N) is 1. The number of nitriles is 1. The lowest BCUT2D eigenvalue weighted by Crippen LogP contribution is -2.28. The van der Waals surface area contributed by atoms with Crippen molar-refractivity contribution in [3.05, 3.63) is 34.9 Å². The van der Waals surface area contributed by atoms with Crippen LogP contribution in [0.4, 0.5) is 0 Å². The molecule has 17 heavy (non-hydrogen) atoms. The van der Waals surface area contributed by atoms with Gasteiger partial charge >= 0.3 is 0 Å². The van der Waals surface area contributed by atoms with Gasteiger partial charge in [-0.3, -0.25) is 0 Å². The first-order valence-electron chi connectivity index (χ1n) is 5.66. The molecular formula is C13H19ClN2O. The summed E-state index contributed by atoms with van der Waals surface area (Å²) in [4.78, 5) is 0. The van der Waals surface area contributed by atoms with Gasteiger partial charge in [0, 0.05) is 5.02 Å². The molecule has 94 valence electrons. The smallest absolute Gasteiger partial charge is 0.119 e. The minimum Gasteiger partial charge on any atom is -0.374 e. The van der Waals surface area contributed by atoms with Crippen molar-refractivity contribution in [3.63, 3.8) is 0 Å². The second-order valence-electron chi connectivity index (χ2n) is 3.08. The predicted molar refractivity (Wildman–Crippen MR) is 70.9 cm³/mol. The van der Waals surface area contributed by atoms with E-state index in [-0.39, 0.29) is 6.04 Å². The normalized spacial score (nSPS) is 11.0. The van der Waals surface area contributed by atoms with E-state index in [9.17, 15) is 0 Å². The molecule has 1 aromatic rings. The highest BCUT2D eigenvalue weighted by atomic mass is 35.5. The van der Waals surface area contributed by atoms with E-state index in [1.54, 1.807) is 7.05 Å².